The summed E-state index contributed by atoms with van der Waals surface area (Å²) in [4.78, 5) is 9.49. The van der Waals surface area contributed by atoms with Crippen LogP contribution in [0.3, 0.4) is 0 Å². The summed E-state index contributed by atoms with van der Waals surface area (Å²) >= 11 is 0. The molecule has 0 aliphatic carbocycles. The number of carboxylic acid groups (broad SMARTS) is 1. The third-order valence-corrected chi connectivity index (χ3v) is 6.38. The van der Waals surface area contributed by atoms with Gasteiger partial charge in [0.15, 0.2) is 11.0 Å². The Labute approximate surface area is 129 Å². The van der Waals surface area contributed by atoms with Gasteiger partial charge in [-0.15, -0.1) is 6.42 Å². The van der Waals surface area contributed by atoms with Crippen molar-refractivity contribution in [2.24, 2.45) is 0 Å². The molecule has 0 aromatic heterocycles. The largest absolute Gasteiger partial charge is 0.554 e. The third kappa shape index (κ3) is 6.38. The van der Waals surface area contributed by atoms with Crippen molar-refractivity contribution < 1.29 is 13.8 Å². The zero-order chi connectivity index (χ0) is 15.4. The van der Waals surface area contributed by atoms with Crippen LogP contribution in [0.25, 0.3) is 0 Å². The fourth-order valence-electron chi connectivity index (χ4n) is 1.59. The van der Waals surface area contributed by atoms with E-state index in [-0.39, 0.29) is 0 Å². The summed E-state index contributed by atoms with van der Waals surface area (Å²) in [5.41, 5.74) is 0.957. The molecule has 0 atom stereocenters. The van der Waals surface area contributed by atoms with Crippen LogP contribution >= 0.6 is 21.8 Å². The highest BCUT2D eigenvalue weighted by Crippen LogP contribution is 2.39. The molecule has 0 amide bonds. The molecule has 1 aromatic rings. The lowest BCUT2D eigenvalue weighted by Crippen LogP contribution is -2.39. The molecule has 110 valence electrons. The van der Waals surface area contributed by atoms with Crippen LogP contribution in [0, 0.1) is 12.3 Å². The molecule has 0 aliphatic heterocycles. The lowest BCUT2D eigenvalue weighted by molar-refractivity contribution is -0.787. The number of terminal acetylenes is 1. The van der Waals surface area contributed by atoms with Crippen molar-refractivity contribution in [2.75, 3.05) is 19.6 Å². The molecule has 0 aliphatic rings. The Hall–Kier alpha value is -1.09. The molecule has 0 spiro atoms. The van der Waals surface area contributed by atoms with Gasteiger partial charge in [0.25, 0.3) is 0 Å². The predicted octanol–water partition coefficient (Wildman–Crippen LogP) is 2.57. The van der Waals surface area contributed by atoms with E-state index in [2.05, 4.69) is 38.8 Å². The normalized spacial score (nSPS) is 10.1. The first-order chi connectivity index (χ1) is 9.61. The van der Waals surface area contributed by atoms with Crippen LogP contribution in [0.5, 0.6) is 0 Å². The van der Waals surface area contributed by atoms with E-state index in [1.54, 1.807) is 0 Å². The number of nitrogens with zero attached hydrogens (tertiary/aromatic N) is 1. The molecule has 0 unspecified atom stereocenters. The quantitative estimate of drug-likeness (QED) is 0.266. The Morgan fingerprint density at radius 2 is 1.85 bits per heavy atom. The van der Waals surface area contributed by atoms with Crippen molar-refractivity contribution in [2.45, 2.75) is 25.7 Å². The maximum atomic E-state index is 8.25. The predicted molar refractivity (Wildman–Crippen MR) is 85.8 cm³/mol. The summed E-state index contributed by atoms with van der Waals surface area (Å²) in [6.07, 6.45) is 5.41. The van der Waals surface area contributed by atoms with Gasteiger partial charge in [-0.1, -0.05) is 12.0 Å². The summed E-state index contributed by atoms with van der Waals surface area (Å²) in [6.45, 7) is 9.70. The summed E-state index contributed by atoms with van der Waals surface area (Å²) in [7, 11) is 3.75. The van der Waals surface area contributed by atoms with Crippen LogP contribution in [0.1, 0.15) is 26.3 Å². The van der Waals surface area contributed by atoms with Gasteiger partial charge >= 0.3 is 0 Å². The van der Waals surface area contributed by atoms with E-state index in [1.807, 2.05) is 33.9 Å². The van der Waals surface area contributed by atoms with Gasteiger partial charge in [-0.25, -0.2) is 0 Å². The standard InChI is InChI=1S/C14H20NS2.CH2O2/c1-5-13-10-9-11-14(12-13)16-17-15(6-2,7-3)8-4;2-1-3/h1,9-12H,6-8H2,2-4H3;1H,(H,2,3)/q+1;/p-1. The summed E-state index contributed by atoms with van der Waals surface area (Å²) in [5, 5.41) is 8.25. The van der Waals surface area contributed by atoms with Crippen LogP contribution in [0.15, 0.2) is 29.2 Å². The number of carbonyl (C=O) groups excluding carboxylic acids is 1. The third-order valence-electron chi connectivity index (χ3n) is 3.02. The minimum atomic E-state index is -0.500. The molecule has 0 N–H and O–H groups in total. The maximum Gasteiger partial charge on any atom is 0.152 e. The van der Waals surface area contributed by atoms with Gasteiger partial charge in [-0.3, -0.25) is 3.89 Å². The highest BCUT2D eigenvalue weighted by atomic mass is 33.1. The van der Waals surface area contributed by atoms with E-state index in [0.29, 0.717) is 0 Å². The van der Waals surface area contributed by atoms with Gasteiger partial charge < -0.3 is 9.90 Å². The Bertz CT molecular complexity index is 431. The number of quaternary nitrogens is 1. The molecule has 1 rings (SSSR count). The van der Waals surface area contributed by atoms with Gasteiger partial charge in [0.2, 0.25) is 0 Å². The minimum absolute atomic E-state index is 0.500. The average Bonchev–Trinajstić information content (AvgIpc) is 2.50. The van der Waals surface area contributed by atoms with Crippen molar-refractivity contribution >= 4 is 28.2 Å². The number of carbonyl (C=O) groups is 1. The summed E-state index contributed by atoms with van der Waals surface area (Å²) < 4.78 is 1.07. The number of hydrogen-bond donors (Lipinski definition) is 0. The first-order valence-electron chi connectivity index (χ1n) is 6.45. The zero-order valence-corrected chi connectivity index (χ0v) is 13.8. The smallest absolute Gasteiger partial charge is 0.152 e. The fraction of sp³-hybridized carbons (Fsp3) is 0.400. The molecule has 20 heavy (non-hydrogen) atoms. The van der Waals surface area contributed by atoms with Crippen molar-refractivity contribution in [3.8, 4) is 12.3 Å². The Morgan fingerprint density at radius 1 is 1.30 bits per heavy atom. The van der Waals surface area contributed by atoms with Crippen LogP contribution < -0.4 is 5.11 Å². The first kappa shape index (κ1) is 18.9. The first-order valence-corrected chi connectivity index (χ1v) is 8.56. The molecule has 0 fully saturated rings. The lowest BCUT2D eigenvalue weighted by atomic mass is 10.2. The van der Waals surface area contributed by atoms with Gasteiger partial charge in [0.05, 0.1) is 19.6 Å². The molecule has 0 heterocycles. The summed E-state index contributed by atoms with van der Waals surface area (Å²) in [6, 6.07) is 8.19. The topological polar surface area (TPSA) is 40.1 Å². The van der Waals surface area contributed by atoms with E-state index >= 15 is 0 Å². The van der Waals surface area contributed by atoms with Gasteiger partial charge in [-0.2, -0.15) is 0 Å². The highest BCUT2D eigenvalue weighted by Gasteiger charge is 2.23. The van der Waals surface area contributed by atoms with E-state index in [1.165, 1.54) is 4.90 Å². The Kier molecular flexibility index (Phi) is 10.1. The average molecular weight is 311 g/mol. The van der Waals surface area contributed by atoms with E-state index < -0.39 is 6.47 Å². The lowest BCUT2D eigenvalue weighted by Gasteiger charge is -2.31. The second-order valence-electron chi connectivity index (χ2n) is 3.93. The van der Waals surface area contributed by atoms with Gasteiger partial charge in [-0.05, 0) is 39.0 Å². The van der Waals surface area contributed by atoms with Gasteiger partial charge in [0, 0.05) is 27.7 Å². The van der Waals surface area contributed by atoms with Crippen molar-refractivity contribution in [3.63, 3.8) is 0 Å². The zero-order valence-electron chi connectivity index (χ0n) is 12.2. The van der Waals surface area contributed by atoms with E-state index in [9.17, 15) is 0 Å². The van der Waals surface area contributed by atoms with Crippen molar-refractivity contribution in [3.05, 3.63) is 29.8 Å². The van der Waals surface area contributed by atoms with E-state index in [0.717, 1.165) is 29.1 Å². The molecule has 0 bridgehead atoms. The van der Waals surface area contributed by atoms with Crippen LogP contribution in [0.2, 0.25) is 0 Å². The fourth-order valence-corrected chi connectivity index (χ4v) is 4.45. The van der Waals surface area contributed by atoms with E-state index in [4.69, 9.17) is 16.3 Å². The molecule has 5 heteroatoms. The Morgan fingerprint density at radius 3 is 2.30 bits per heavy atom. The minimum Gasteiger partial charge on any atom is -0.554 e. The Balaban J connectivity index is 0.00000110. The molecular formula is C15H21NO2S2. The molecule has 1 aromatic carbocycles. The number of benzene rings is 1. The molecule has 0 radical (unpaired) electrons. The van der Waals surface area contributed by atoms with Gasteiger partial charge in [0.1, 0.15) is 0 Å². The highest BCUT2D eigenvalue weighted by molar-refractivity contribution is 8.74. The monoisotopic (exact) mass is 311 g/mol. The van der Waals surface area contributed by atoms with Crippen molar-refractivity contribution in [1.82, 2.24) is 0 Å². The van der Waals surface area contributed by atoms with Crippen LogP contribution in [-0.2, 0) is 4.79 Å². The van der Waals surface area contributed by atoms with Crippen LogP contribution in [0.4, 0.5) is 0 Å². The molecule has 0 saturated carbocycles. The van der Waals surface area contributed by atoms with Crippen molar-refractivity contribution in [1.29, 1.82) is 0 Å². The molecule has 0 saturated heterocycles. The summed E-state index contributed by atoms with van der Waals surface area (Å²) in [5.74, 6) is 2.68. The number of hydrogen-bond acceptors (Lipinski definition) is 4. The number of rotatable bonds is 6. The molecule has 3 nitrogen and oxygen atoms in total. The van der Waals surface area contributed by atoms with Crippen LogP contribution in [-0.4, -0.2) is 30.0 Å². The maximum absolute atomic E-state index is 8.25. The molecular weight excluding hydrogens is 290 g/mol. The SMILES string of the molecule is C#Cc1cccc(SS[N+](CC)(CC)CC)c1.O=C[O-]. The second kappa shape index (κ2) is 10.7. The second-order valence-corrected chi connectivity index (χ2v) is 6.44.